The second-order valence-electron chi connectivity index (χ2n) is 9.75. The molecule has 2 aromatic heterocycles. The fourth-order valence-corrected chi connectivity index (χ4v) is 4.43. The molecule has 224 valence electrons. The minimum absolute atomic E-state index is 0.0340. The molecule has 0 spiro atoms. The Morgan fingerprint density at radius 2 is 1.61 bits per heavy atom. The number of aromatic nitrogens is 3. The van der Waals surface area contributed by atoms with Crippen LogP contribution in [0.4, 0.5) is 35.2 Å². The summed E-state index contributed by atoms with van der Waals surface area (Å²) in [5.74, 6) is -0.569. The van der Waals surface area contributed by atoms with Gasteiger partial charge in [-0.15, -0.1) is 0 Å². The van der Waals surface area contributed by atoms with Crippen molar-refractivity contribution in [2.75, 3.05) is 16.0 Å². The molecule has 10 nitrogen and oxygen atoms in total. The maximum atomic E-state index is 13.6. The summed E-state index contributed by atoms with van der Waals surface area (Å²) in [6, 6.07) is 22.2. The molecule has 2 heterocycles. The molecule has 0 aliphatic rings. The van der Waals surface area contributed by atoms with E-state index in [1.54, 1.807) is 36.5 Å². The Kier molecular flexibility index (Phi) is 8.95. The van der Waals surface area contributed by atoms with Crippen molar-refractivity contribution in [1.82, 2.24) is 10.3 Å². The van der Waals surface area contributed by atoms with E-state index in [2.05, 4.69) is 26.2 Å². The van der Waals surface area contributed by atoms with E-state index in [-0.39, 0.29) is 30.2 Å². The third kappa shape index (κ3) is 7.83. The van der Waals surface area contributed by atoms with E-state index in [0.29, 0.717) is 17.8 Å². The fraction of sp³-hybridized carbons (Fsp3) is 0.129. The van der Waals surface area contributed by atoms with Crippen molar-refractivity contribution in [2.45, 2.75) is 25.7 Å². The second kappa shape index (κ2) is 13.2. The average Bonchev–Trinajstić information content (AvgIpc) is 3.43. The summed E-state index contributed by atoms with van der Waals surface area (Å²) in [6.45, 7) is 0.627. The van der Waals surface area contributed by atoms with Crippen LogP contribution < -0.4 is 26.4 Å². The summed E-state index contributed by atoms with van der Waals surface area (Å²) in [5.41, 5.74) is 8.72. The third-order valence-electron chi connectivity index (χ3n) is 6.45. The van der Waals surface area contributed by atoms with Gasteiger partial charge < -0.3 is 16.4 Å². The standard InChI is InChI=1S/C31H26F3N7O3/c32-31(33,34)23-13-25(37-28(42)12-20-6-2-1-3-7-20)15-26(14-23)38-30(43)39-29-19-41(40-44-29)18-24-11-10-22(17-36-24)27-9-5-4-8-21(27)16-35/h1-11,13-15,17,19H,12,16,18,35H2,(H2-,37,38,39,40,42,43)/p+1. The van der Waals surface area contributed by atoms with Crippen LogP contribution in [0.25, 0.3) is 11.1 Å². The highest BCUT2D eigenvalue weighted by Gasteiger charge is 2.31. The number of halogens is 3. The van der Waals surface area contributed by atoms with Crippen molar-refractivity contribution in [1.29, 1.82) is 0 Å². The van der Waals surface area contributed by atoms with Crippen LogP contribution in [0.3, 0.4) is 0 Å². The van der Waals surface area contributed by atoms with Crippen molar-refractivity contribution in [3.63, 3.8) is 0 Å². The molecule has 0 saturated heterocycles. The van der Waals surface area contributed by atoms with Crippen molar-refractivity contribution in [2.24, 2.45) is 5.73 Å². The van der Waals surface area contributed by atoms with Gasteiger partial charge in [0.05, 0.1) is 12.0 Å². The number of hydrogen-bond donors (Lipinski definition) is 4. The molecule has 3 amide bonds. The van der Waals surface area contributed by atoms with Crippen LogP contribution in [0.5, 0.6) is 0 Å². The monoisotopic (exact) mass is 602 g/mol. The zero-order valence-corrected chi connectivity index (χ0v) is 23.1. The van der Waals surface area contributed by atoms with Gasteiger partial charge in [-0.25, -0.2) is 4.79 Å². The van der Waals surface area contributed by atoms with Crippen LogP contribution in [0.15, 0.2) is 102 Å². The number of carbonyl (C=O) groups excluding carboxylic acids is 2. The molecule has 5 rings (SSSR count). The van der Waals surface area contributed by atoms with E-state index in [0.717, 1.165) is 28.8 Å². The smallest absolute Gasteiger partial charge is 0.326 e. The molecule has 44 heavy (non-hydrogen) atoms. The molecular weight excluding hydrogens is 575 g/mol. The summed E-state index contributed by atoms with van der Waals surface area (Å²) >= 11 is 0. The van der Waals surface area contributed by atoms with Gasteiger partial charge in [0, 0.05) is 29.7 Å². The highest BCUT2D eigenvalue weighted by atomic mass is 19.4. The van der Waals surface area contributed by atoms with Crippen molar-refractivity contribution >= 4 is 29.2 Å². The largest absolute Gasteiger partial charge is 0.416 e. The summed E-state index contributed by atoms with van der Waals surface area (Å²) < 4.78 is 47.2. The van der Waals surface area contributed by atoms with E-state index in [4.69, 9.17) is 10.3 Å². The van der Waals surface area contributed by atoms with Crippen molar-refractivity contribution in [3.8, 4) is 11.1 Å². The van der Waals surface area contributed by atoms with Crippen LogP contribution >= 0.6 is 0 Å². The van der Waals surface area contributed by atoms with Gasteiger partial charge in [-0.3, -0.25) is 19.6 Å². The molecule has 3 aromatic carbocycles. The number of nitrogens with two attached hydrogens (primary N) is 1. The normalized spacial score (nSPS) is 11.2. The molecule has 0 aliphatic carbocycles. The number of urea groups is 1. The number of anilines is 3. The third-order valence-corrected chi connectivity index (χ3v) is 6.45. The van der Waals surface area contributed by atoms with Gasteiger partial charge in [0.15, 0.2) is 0 Å². The quantitative estimate of drug-likeness (QED) is 0.167. The molecule has 0 radical (unpaired) electrons. The van der Waals surface area contributed by atoms with Gasteiger partial charge in [0.1, 0.15) is 5.69 Å². The van der Waals surface area contributed by atoms with Gasteiger partial charge in [0.2, 0.25) is 17.7 Å². The lowest BCUT2D eigenvalue weighted by molar-refractivity contribution is -0.755. The first-order chi connectivity index (χ1) is 21.2. The van der Waals surface area contributed by atoms with Crippen LogP contribution in [0.2, 0.25) is 0 Å². The lowest BCUT2D eigenvalue weighted by Crippen LogP contribution is -2.35. The minimum atomic E-state index is -4.72. The van der Waals surface area contributed by atoms with Gasteiger partial charge in [-0.05, 0) is 45.6 Å². The number of carbonyl (C=O) groups is 2. The Morgan fingerprint density at radius 3 is 2.32 bits per heavy atom. The van der Waals surface area contributed by atoms with E-state index < -0.39 is 23.7 Å². The van der Waals surface area contributed by atoms with Gasteiger partial charge >= 0.3 is 18.1 Å². The van der Waals surface area contributed by atoms with Gasteiger partial charge in [0.25, 0.3) is 6.20 Å². The Balaban J connectivity index is 1.22. The second-order valence-corrected chi connectivity index (χ2v) is 9.75. The van der Waals surface area contributed by atoms with E-state index in [9.17, 15) is 22.8 Å². The number of benzene rings is 3. The molecular formula is C31H27F3N7O3+. The molecule has 0 atom stereocenters. The zero-order valence-electron chi connectivity index (χ0n) is 23.1. The van der Waals surface area contributed by atoms with Crippen molar-refractivity contribution in [3.05, 3.63) is 120 Å². The number of nitrogens with one attached hydrogen (secondary N) is 3. The minimum Gasteiger partial charge on any atom is -0.326 e. The number of nitrogens with zero attached hydrogens (tertiary/aromatic N) is 3. The van der Waals surface area contributed by atoms with Crippen molar-refractivity contribution < 1.29 is 32.0 Å². The molecule has 0 bridgehead atoms. The lowest BCUT2D eigenvalue weighted by atomic mass is 10.0. The first-order valence-electron chi connectivity index (χ1n) is 13.4. The molecule has 5 N–H and O–H groups in total. The summed E-state index contributed by atoms with van der Waals surface area (Å²) in [7, 11) is 0. The SMILES string of the molecule is NCc1ccccc1-c1ccc(C[n+]2cc(NC(=O)Nc3cc(NC(=O)Cc4ccccc4)cc(C(F)(F)F)c3)on2)nc1. The first-order valence-corrected chi connectivity index (χ1v) is 13.4. The number of rotatable bonds is 9. The Morgan fingerprint density at radius 1 is 0.886 bits per heavy atom. The van der Waals surface area contributed by atoms with Crippen LogP contribution in [-0.4, -0.2) is 22.2 Å². The Bertz CT molecular complexity index is 1760. The number of amides is 3. The lowest BCUT2D eigenvalue weighted by Gasteiger charge is -2.14. The number of alkyl halides is 3. The molecule has 0 fully saturated rings. The van der Waals surface area contributed by atoms with Crippen LogP contribution in [0, 0.1) is 0 Å². The average molecular weight is 603 g/mol. The molecule has 5 aromatic rings. The van der Waals surface area contributed by atoms with Gasteiger partial charge in [-0.1, -0.05) is 60.7 Å². The molecule has 0 saturated carbocycles. The van der Waals surface area contributed by atoms with E-state index in [1.807, 2.05) is 36.4 Å². The predicted molar refractivity (Wildman–Crippen MR) is 156 cm³/mol. The Labute approximate surface area is 249 Å². The highest BCUT2D eigenvalue weighted by Crippen LogP contribution is 2.33. The summed E-state index contributed by atoms with van der Waals surface area (Å²) in [5, 5.41) is 11.0. The van der Waals surface area contributed by atoms with Crippen LogP contribution in [0.1, 0.15) is 22.4 Å². The van der Waals surface area contributed by atoms with Crippen LogP contribution in [-0.2, 0) is 30.5 Å². The summed E-state index contributed by atoms with van der Waals surface area (Å²) in [6.07, 6.45) is -1.62. The molecule has 0 unspecified atom stereocenters. The number of hydrogen-bond acceptors (Lipinski definition) is 6. The molecule has 13 heteroatoms. The fourth-order valence-electron chi connectivity index (χ4n) is 4.43. The topological polar surface area (TPSA) is 139 Å². The Hall–Kier alpha value is -5.56. The maximum Gasteiger partial charge on any atom is 0.416 e. The molecule has 0 aliphatic heterocycles. The van der Waals surface area contributed by atoms with Gasteiger partial charge in [-0.2, -0.15) is 13.2 Å². The predicted octanol–water partition coefficient (Wildman–Crippen LogP) is 5.38. The summed E-state index contributed by atoms with van der Waals surface area (Å²) in [4.78, 5) is 29.5. The van der Waals surface area contributed by atoms with E-state index in [1.165, 1.54) is 16.9 Å². The zero-order chi connectivity index (χ0) is 31.1. The highest BCUT2D eigenvalue weighted by molar-refractivity contribution is 6.00. The van der Waals surface area contributed by atoms with E-state index >= 15 is 0 Å². The maximum absolute atomic E-state index is 13.6. The first kappa shape index (κ1) is 29.9. The number of pyridine rings is 1.